The van der Waals surface area contributed by atoms with Crippen molar-refractivity contribution in [1.82, 2.24) is 4.57 Å². The Morgan fingerprint density at radius 3 is 2.81 bits per heavy atom. The predicted octanol–water partition coefficient (Wildman–Crippen LogP) is 4.27. The second-order valence-electron chi connectivity index (χ2n) is 6.14. The molecule has 0 fully saturated rings. The highest BCUT2D eigenvalue weighted by molar-refractivity contribution is 7.16. The molecule has 0 radical (unpaired) electrons. The van der Waals surface area contributed by atoms with Crippen molar-refractivity contribution in [1.29, 1.82) is 0 Å². The molecular weight excluding hydrogens is 360 g/mol. The van der Waals surface area contributed by atoms with Crippen LogP contribution in [0.3, 0.4) is 0 Å². The van der Waals surface area contributed by atoms with Crippen molar-refractivity contribution in [3.63, 3.8) is 0 Å². The van der Waals surface area contributed by atoms with Gasteiger partial charge in [0.25, 0.3) is 5.91 Å². The van der Waals surface area contributed by atoms with Gasteiger partial charge in [0, 0.05) is 19.2 Å². The van der Waals surface area contributed by atoms with Crippen molar-refractivity contribution in [2.45, 2.75) is 26.3 Å². The molecule has 0 bridgehead atoms. The van der Waals surface area contributed by atoms with Crippen LogP contribution in [-0.2, 0) is 11.3 Å². The molecule has 0 unspecified atom stereocenters. The molecule has 3 rings (SSSR count). The minimum atomic E-state index is -0.270. The van der Waals surface area contributed by atoms with E-state index in [9.17, 15) is 4.79 Å². The Labute approximate surface area is 162 Å². The zero-order valence-electron chi connectivity index (χ0n) is 15.7. The minimum Gasteiger partial charge on any atom is -0.494 e. The van der Waals surface area contributed by atoms with Gasteiger partial charge in [0.15, 0.2) is 4.80 Å². The number of hydrogen-bond acceptors (Lipinski definition) is 4. The fourth-order valence-corrected chi connectivity index (χ4v) is 3.76. The monoisotopic (exact) mass is 384 g/mol. The Morgan fingerprint density at radius 2 is 2.00 bits per heavy atom. The molecule has 1 aromatic heterocycles. The topological polar surface area (TPSA) is 52.8 Å². The molecule has 0 aliphatic rings. The first-order chi connectivity index (χ1) is 13.2. The molecule has 0 spiro atoms. The number of carbonyl (C=O) groups is 1. The van der Waals surface area contributed by atoms with E-state index in [0.29, 0.717) is 35.9 Å². The molecule has 0 aliphatic heterocycles. The largest absolute Gasteiger partial charge is 0.494 e. The average Bonchev–Trinajstić information content (AvgIpc) is 3.03. The number of hydrogen-bond donors (Lipinski definition) is 0. The molecular formula is C21H24N2O3S. The lowest BCUT2D eigenvalue weighted by Crippen LogP contribution is -2.19. The maximum atomic E-state index is 12.7. The second-order valence-corrected chi connectivity index (χ2v) is 7.15. The van der Waals surface area contributed by atoms with Gasteiger partial charge in [0.1, 0.15) is 5.75 Å². The van der Waals surface area contributed by atoms with Gasteiger partial charge in [0.2, 0.25) is 0 Å². The van der Waals surface area contributed by atoms with Crippen LogP contribution in [0.15, 0.2) is 53.5 Å². The van der Waals surface area contributed by atoms with E-state index in [0.717, 1.165) is 23.1 Å². The molecule has 0 atom stereocenters. The van der Waals surface area contributed by atoms with Crippen LogP contribution >= 0.6 is 11.3 Å². The summed E-state index contributed by atoms with van der Waals surface area (Å²) in [5.41, 5.74) is 1.59. The molecule has 0 saturated carbocycles. The van der Waals surface area contributed by atoms with Crippen molar-refractivity contribution >= 4 is 27.5 Å². The van der Waals surface area contributed by atoms with E-state index >= 15 is 0 Å². The van der Waals surface area contributed by atoms with Gasteiger partial charge < -0.3 is 14.0 Å². The van der Waals surface area contributed by atoms with Crippen molar-refractivity contribution in [3.05, 3.63) is 58.9 Å². The summed E-state index contributed by atoms with van der Waals surface area (Å²) in [7, 11) is 1.67. The third-order valence-corrected chi connectivity index (χ3v) is 5.21. The van der Waals surface area contributed by atoms with E-state index in [1.165, 1.54) is 11.3 Å². The average molecular weight is 385 g/mol. The maximum absolute atomic E-state index is 12.7. The molecule has 1 heterocycles. The third kappa shape index (κ3) is 4.84. The molecule has 0 aliphatic carbocycles. The lowest BCUT2D eigenvalue weighted by molar-refractivity contribution is 0.0997. The van der Waals surface area contributed by atoms with Crippen molar-refractivity contribution in [3.8, 4) is 5.75 Å². The molecule has 27 heavy (non-hydrogen) atoms. The van der Waals surface area contributed by atoms with Crippen molar-refractivity contribution in [2.75, 3.05) is 20.3 Å². The highest BCUT2D eigenvalue weighted by Gasteiger charge is 2.10. The van der Waals surface area contributed by atoms with Crippen LogP contribution in [0, 0.1) is 0 Å². The lowest BCUT2D eigenvalue weighted by Gasteiger charge is -2.06. The molecule has 0 N–H and O–H groups in total. The summed E-state index contributed by atoms with van der Waals surface area (Å²) in [5.74, 6) is 0.432. The summed E-state index contributed by atoms with van der Waals surface area (Å²) in [6.45, 7) is 3.97. The third-order valence-electron chi connectivity index (χ3n) is 4.15. The summed E-state index contributed by atoms with van der Waals surface area (Å²) in [6.07, 6.45) is 2.06. The van der Waals surface area contributed by atoms with Crippen LogP contribution in [0.2, 0.25) is 0 Å². The summed E-state index contributed by atoms with van der Waals surface area (Å²) < 4.78 is 14.0. The number of carbonyl (C=O) groups excluding carboxylic acids is 1. The number of amides is 1. The van der Waals surface area contributed by atoms with Crippen LogP contribution in [-0.4, -0.2) is 30.8 Å². The van der Waals surface area contributed by atoms with Gasteiger partial charge in [-0.1, -0.05) is 42.9 Å². The quantitative estimate of drug-likeness (QED) is 0.545. The van der Waals surface area contributed by atoms with E-state index in [2.05, 4.69) is 11.9 Å². The van der Waals surface area contributed by atoms with Gasteiger partial charge in [-0.25, -0.2) is 0 Å². The standard InChI is InChI=1S/C21H24N2O3S/c1-3-4-13-26-17-9-7-8-16(15-17)20(24)22-21-23(12-14-25-2)18-10-5-6-11-19(18)27-21/h5-11,15H,3-4,12-14H2,1-2H3. The summed E-state index contributed by atoms with van der Waals surface area (Å²) in [4.78, 5) is 17.8. The number of rotatable bonds is 8. The van der Waals surface area contributed by atoms with Crippen LogP contribution in [0.25, 0.3) is 10.2 Å². The second kappa shape index (κ2) is 9.48. The van der Waals surface area contributed by atoms with Crippen molar-refractivity contribution in [2.24, 2.45) is 4.99 Å². The van der Waals surface area contributed by atoms with Gasteiger partial charge in [-0.15, -0.1) is 0 Å². The van der Waals surface area contributed by atoms with Gasteiger partial charge in [-0.2, -0.15) is 4.99 Å². The molecule has 5 nitrogen and oxygen atoms in total. The van der Waals surface area contributed by atoms with E-state index in [1.54, 1.807) is 19.2 Å². The number of thiazole rings is 1. The number of nitrogens with zero attached hydrogens (tertiary/aromatic N) is 2. The van der Waals surface area contributed by atoms with Gasteiger partial charge in [0.05, 0.1) is 23.4 Å². The highest BCUT2D eigenvalue weighted by Crippen LogP contribution is 2.18. The SMILES string of the molecule is CCCCOc1cccc(C(=O)N=c2sc3ccccc3n2CCOC)c1. The Hall–Kier alpha value is -2.44. The number of aromatic nitrogens is 1. The number of ether oxygens (including phenoxy) is 2. The van der Waals surface area contributed by atoms with Gasteiger partial charge in [-0.05, 0) is 36.8 Å². The Morgan fingerprint density at radius 1 is 1.15 bits per heavy atom. The first kappa shape index (κ1) is 19.3. The van der Waals surface area contributed by atoms with Crippen molar-refractivity contribution < 1.29 is 14.3 Å². The van der Waals surface area contributed by atoms with E-state index in [-0.39, 0.29) is 5.91 Å². The summed E-state index contributed by atoms with van der Waals surface area (Å²) >= 11 is 1.51. The number of para-hydroxylation sites is 1. The smallest absolute Gasteiger partial charge is 0.279 e. The molecule has 3 aromatic rings. The number of benzene rings is 2. The molecule has 142 valence electrons. The lowest BCUT2D eigenvalue weighted by atomic mass is 10.2. The predicted molar refractivity (Wildman–Crippen MR) is 108 cm³/mol. The Kier molecular flexibility index (Phi) is 6.79. The normalized spacial score (nSPS) is 11.9. The fourth-order valence-electron chi connectivity index (χ4n) is 2.71. The Balaban J connectivity index is 1.92. The van der Waals surface area contributed by atoms with Crippen LogP contribution in [0.4, 0.5) is 0 Å². The molecule has 1 amide bonds. The number of methoxy groups -OCH3 is 1. The number of fused-ring (bicyclic) bond motifs is 1. The van der Waals surface area contributed by atoms with Crippen LogP contribution in [0.1, 0.15) is 30.1 Å². The first-order valence-electron chi connectivity index (χ1n) is 9.12. The van der Waals surface area contributed by atoms with E-state index < -0.39 is 0 Å². The fraction of sp³-hybridized carbons (Fsp3) is 0.333. The zero-order valence-corrected chi connectivity index (χ0v) is 16.5. The van der Waals surface area contributed by atoms with Gasteiger partial charge >= 0.3 is 0 Å². The maximum Gasteiger partial charge on any atom is 0.279 e. The molecule has 6 heteroatoms. The number of unbranched alkanes of at least 4 members (excludes halogenated alkanes) is 1. The van der Waals surface area contributed by atoms with Gasteiger partial charge in [-0.3, -0.25) is 4.79 Å². The first-order valence-corrected chi connectivity index (χ1v) is 9.94. The molecule has 2 aromatic carbocycles. The van der Waals surface area contributed by atoms with E-state index in [4.69, 9.17) is 9.47 Å². The Bertz CT molecular complexity index is 975. The minimum absolute atomic E-state index is 0.270. The van der Waals surface area contributed by atoms with Crippen LogP contribution in [0.5, 0.6) is 5.75 Å². The summed E-state index contributed by atoms with van der Waals surface area (Å²) in [6, 6.07) is 15.3. The molecule has 0 saturated heterocycles. The highest BCUT2D eigenvalue weighted by atomic mass is 32.1. The summed E-state index contributed by atoms with van der Waals surface area (Å²) in [5, 5.41) is 0. The van der Waals surface area contributed by atoms with Crippen LogP contribution < -0.4 is 9.54 Å². The van der Waals surface area contributed by atoms with E-state index in [1.807, 2.05) is 41.0 Å². The zero-order chi connectivity index (χ0) is 19.1.